The number of oxazole rings is 1. The number of carbonyl (C=O) groups is 1. The summed E-state index contributed by atoms with van der Waals surface area (Å²) >= 11 is 1.35. The highest BCUT2D eigenvalue weighted by atomic mass is 32.2. The number of hydrogen-bond acceptors (Lipinski definition) is 5. The van der Waals surface area contributed by atoms with Gasteiger partial charge in [0, 0.05) is 5.56 Å². The third-order valence-electron chi connectivity index (χ3n) is 1.91. The van der Waals surface area contributed by atoms with Crippen molar-refractivity contribution in [2.75, 3.05) is 0 Å². The highest BCUT2D eigenvalue weighted by Gasteiger charge is 2.14. The maximum Gasteiger partial charge on any atom is 0.372 e. The molecule has 2 aromatic heterocycles. The minimum absolute atomic E-state index is 0.0111. The standard InChI is InChI=1S/C10H9NO4S/c1-6-4-7(15-8(6)9(12)13)5-16-10-11-2-3-14-10/h2-4H,5H2,1H3,(H,12,13). The molecule has 2 rings (SSSR count). The monoisotopic (exact) mass is 239 g/mol. The van der Waals surface area contributed by atoms with Gasteiger partial charge >= 0.3 is 5.97 Å². The van der Waals surface area contributed by atoms with Crippen LogP contribution in [-0.2, 0) is 5.75 Å². The normalized spacial score (nSPS) is 10.6. The van der Waals surface area contributed by atoms with Gasteiger partial charge < -0.3 is 13.9 Å². The van der Waals surface area contributed by atoms with Gasteiger partial charge in [-0.25, -0.2) is 9.78 Å². The van der Waals surface area contributed by atoms with Gasteiger partial charge in [0.1, 0.15) is 12.0 Å². The Morgan fingerprint density at radius 1 is 1.62 bits per heavy atom. The number of nitrogens with zero attached hydrogens (tertiary/aromatic N) is 1. The SMILES string of the molecule is Cc1cc(CSc2ncco2)oc1C(=O)O. The summed E-state index contributed by atoms with van der Waals surface area (Å²) < 4.78 is 10.2. The van der Waals surface area contributed by atoms with Crippen LogP contribution in [0.5, 0.6) is 0 Å². The van der Waals surface area contributed by atoms with Gasteiger partial charge in [0.15, 0.2) is 0 Å². The van der Waals surface area contributed by atoms with E-state index in [1.807, 2.05) is 0 Å². The van der Waals surface area contributed by atoms with E-state index in [0.717, 1.165) is 0 Å². The third kappa shape index (κ3) is 2.27. The summed E-state index contributed by atoms with van der Waals surface area (Å²) in [7, 11) is 0. The summed E-state index contributed by atoms with van der Waals surface area (Å²) in [6, 6.07) is 1.71. The van der Waals surface area contributed by atoms with Crippen LogP contribution in [0.2, 0.25) is 0 Å². The van der Waals surface area contributed by atoms with Crippen LogP contribution in [0.15, 0.2) is 32.6 Å². The molecule has 0 aliphatic rings. The Bertz CT molecular complexity index is 489. The van der Waals surface area contributed by atoms with Crippen molar-refractivity contribution in [3.63, 3.8) is 0 Å². The Labute approximate surface area is 95.5 Å². The summed E-state index contributed by atoms with van der Waals surface area (Å²) in [5.41, 5.74) is 0.621. The molecule has 84 valence electrons. The molecule has 0 bridgehead atoms. The summed E-state index contributed by atoms with van der Waals surface area (Å²) in [5.74, 6) is 0.0280. The number of aryl methyl sites for hydroxylation is 1. The van der Waals surface area contributed by atoms with Gasteiger partial charge in [-0.2, -0.15) is 0 Å². The van der Waals surface area contributed by atoms with Crippen LogP contribution in [0.4, 0.5) is 0 Å². The first-order chi connectivity index (χ1) is 7.66. The summed E-state index contributed by atoms with van der Waals surface area (Å²) in [4.78, 5) is 14.7. The van der Waals surface area contributed by atoms with E-state index < -0.39 is 5.97 Å². The zero-order valence-corrected chi connectivity index (χ0v) is 9.28. The van der Waals surface area contributed by atoms with E-state index in [9.17, 15) is 4.79 Å². The number of aromatic carboxylic acids is 1. The zero-order chi connectivity index (χ0) is 11.5. The lowest BCUT2D eigenvalue weighted by atomic mass is 10.3. The Morgan fingerprint density at radius 2 is 2.44 bits per heavy atom. The maximum atomic E-state index is 10.7. The number of aromatic nitrogens is 1. The van der Waals surface area contributed by atoms with Gasteiger partial charge in [-0.3, -0.25) is 0 Å². The van der Waals surface area contributed by atoms with Crippen molar-refractivity contribution in [2.24, 2.45) is 0 Å². The molecule has 2 aromatic rings. The highest BCUT2D eigenvalue weighted by Crippen LogP contribution is 2.24. The Hall–Kier alpha value is -1.69. The average Bonchev–Trinajstić information content (AvgIpc) is 2.83. The van der Waals surface area contributed by atoms with Crippen LogP contribution in [0.3, 0.4) is 0 Å². The third-order valence-corrected chi connectivity index (χ3v) is 2.79. The first-order valence-corrected chi connectivity index (χ1v) is 5.50. The van der Waals surface area contributed by atoms with E-state index in [4.69, 9.17) is 13.9 Å². The van der Waals surface area contributed by atoms with Crippen LogP contribution in [0, 0.1) is 6.92 Å². The molecule has 6 heteroatoms. The summed E-state index contributed by atoms with van der Waals surface area (Å²) in [5, 5.41) is 9.33. The Morgan fingerprint density at radius 3 is 3.00 bits per heavy atom. The van der Waals surface area contributed by atoms with Crippen LogP contribution < -0.4 is 0 Å². The Kier molecular flexibility index (Phi) is 3.00. The number of carboxylic acids is 1. The molecule has 0 aromatic carbocycles. The fraction of sp³-hybridized carbons (Fsp3) is 0.200. The number of rotatable bonds is 4. The molecule has 0 aliphatic heterocycles. The second kappa shape index (κ2) is 4.44. The van der Waals surface area contributed by atoms with Crippen molar-refractivity contribution in [1.29, 1.82) is 0 Å². The van der Waals surface area contributed by atoms with E-state index in [-0.39, 0.29) is 5.76 Å². The quantitative estimate of drug-likeness (QED) is 0.826. The van der Waals surface area contributed by atoms with Gasteiger partial charge in [0.25, 0.3) is 5.22 Å². The highest BCUT2D eigenvalue weighted by molar-refractivity contribution is 7.98. The lowest BCUT2D eigenvalue weighted by molar-refractivity contribution is 0.0659. The second-order valence-corrected chi connectivity index (χ2v) is 4.04. The molecule has 0 saturated carbocycles. The van der Waals surface area contributed by atoms with Gasteiger partial charge in [0.2, 0.25) is 5.76 Å². The van der Waals surface area contributed by atoms with Gasteiger partial charge in [0.05, 0.1) is 11.9 Å². The fourth-order valence-corrected chi connectivity index (χ4v) is 1.91. The topological polar surface area (TPSA) is 76.5 Å². The van der Waals surface area contributed by atoms with Crippen LogP contribution >= 0.6 is 11.8 Å². The van der Waals surface area contributed by atoms with Crippen molar-refractivity contribution in [3.8, 4) is 0 Å². The minimum atomic E-state index is -1.05. The number of carboxylic acid groups (broad SMARTS) is 1. The lowest BCUT2D eigenvalue weighted by Gasteiger charge is -1.92. The molecule has 0 amide bonds. The first-order valence-electron chi connectivity index (χ1n) is 4.51. The second-order valence-electron chi connectivity index (χ2n) is 3.12. The molecule has 16 heavy (non-hydrogen) atoms. The van der Waals surface area contributed by atoms with E-state index >= 15 is 0 Å². The smallest absolute Gasteiger partial charge is 0.372 e. The van der Waals surface area contributed by atoms with Crippen LogP contribution in [0.25, 0.3) is 0 Å². The van der Waals surface area contributed by atoms with Crippen molar-refractivity contribution in [2.45, 2.75) is 17.9 Å². The van der Waals surface area contributed by atoms with E-state index in [1.54, 1.807) is 19.2 Å². The summed E-state index contributed by atoms with van der Waals surface area (Å²) in [6.07, 6.45) is 3.04. The molecule has 0 aliphatic carbocycles. The summed E-state index contributed by atoms with van der Waals surface area (Å²) in [6.45, 7) is 1.70. The van der Waals surface area contributed by atoms with Crippen molar-refractivity contribution in [1.82, 2.24) is 4.98 Å². The predicted molar refractivity (Wildman–Crippen MR) is 56.5 cm³/mol. The maximum absolute atomic E-state index is 10.7. The number of hydrogen-bond donors (Lipinski definition) is 1. The molecule has 0 spiro atoms. The van der Waals surface area contributed by atoms with Crippen molar-refractivity contribution < 1.29 is 18.7 Å². The molecular formula is C10H9NO4S. The molecule has 0 radical (unpaired) electrons. The van der Waals surface area contributed by atoms with Crippen LogP contribution in [0.1, 0.15) is 21.9 Å². The predicted octanol–water partition coefficient (Wildman–Crippen LogP) is 2.57. The largest absolute Gasteiger partial charge is 0.475 e. The van der Waals surface area contributed by atoms with E-state index in [2.05, 4.69) is 4.98 Å². The van der Waals surface area contributed by atoms with E-state index in [1.165, 1.54) is 18.0 Å². The van der Waals surface area contributed by atoms with Crippen LogP contribution in [-0.4, -0.2) is 16.1 Å². The zero-order valence-electron chi connectivity index (χ0n) is 8.47. The molecular weight excluding hydrogens is 230 g/mol. The van der Waals surface area contributed by atoms with Gasteiger partial charge in [-0.1, -0.05) is 11.8 Å². The molecule has 0 saturated heterocycles. The molecule has 1 N–H and O–H groups in total. The first kappa shape index (κ1) is 10.8. The Balaban J connectivity index is 2.05. The molecule has 0 fully saturated rings. The molecule has 0 unspecified atom stereocenters. The molecule has 5 nitrogen and oxygen atoms in total. The number of thioether (sulfide) groups is 1. The minimum Gasteiger partial charge on any atom is -0.475 e. The van der Waals surface area contributed by atoms with Crippen molar-refractivity contribution in [3.05, 3.63) is 35.6 Å². The van der Waals surface area contributed by atoms with Gasteiger partial charge in [-0.05, 0) is 13.0 Å². The van der Waals surface area contributed by atoms with Crippen molar-refractivity contribution >= 4 is 17.7 Å². The van der Waals surface area contributed by atoms with Gasteiger partial charge in [-0.15, -0.1) is 0 Å². The fourth-order valence-electron chi connectivity index (χ4n) is 1.25. The molecule has 0 atom stereocenters. The van der Waals surface area contributed by atoms with E-state index in [0.29, 0.717) is 22.3 Å². The average molecular weight is 239 g/mol. The number of furan rings is 1. The lowest BCUT2D eigenvalue weighted by Crippen LogP contribution is -1.94. The molecule has 2 heterocycles.